The minimum atomic E-state index is -0.999. The first-order valence-corrected chi connectivity index (χ1v) is 5.83. The quantitative estimate of drug-likeness (QED) is 0.658. The second kappa shape index (κ2) is 6.76. The molecular formula is C13H18N2O3. The van der Waals surface area contributed by atoms with Gasteiger partial charge in [0.25, 0.3) is 0 Å². The number of carbonyl (C=O) groups excluding carboxylic acids is 1. The molecule has 0 spiro atoms. The highest BCUT2D eigenvalue weighted by Crippen LogP contribution is 2.05. The molecule has 1 rings (SSSR count). The number of carboxylic acid groups (broad SMARTS) is 1. The fraction of sp³-hybridized carbons (Fsp3) is 0.385. The van der Waals surface area contributed by atoms with Crippen molar-refractivity contribution in [3.63, 3.8) is 0 Å². The van der Waals surface area contributed by atoms with Gasteiger partial charge in [-0.15, -0.1) is 0 Å². The van der Waals surface area contributed by atoms with E-state index in [1.807, 2.05) is 30.3 Å². The number of nitrogens with one attached hydrogen (secondary N) is 1. The first kappa shape index (κ1) is 14.2. The van der Waals surface area contributed by atoms with Crippen LogP contribution in [0.1, 0.15) is 18.9 Å². The molecular weight excluding hydrogens is 232 g/mol. The molecule has 0 aliphatic carbocycles. The molecule has 0 saturated carbocycles. The highest BCUT2D eigenvalue weighted by molar-refractivity contribution is 5.81. The van der Waals surface area contributed by atoms with E-state index < -0.39 is 24.0 Å². The summed E-state index contributed by atoms with van der Waals surface area (Å²) in [6.07, 6.45) is 1.16. The molecule has 0 saturated heterocycles. The smallest absolute Gasteiger partial charge is 0.320 e. The minimum Gasteiger partial charge on any atom is -0.480 e. The first-order valence-electron chi connectivity index (χ1n) is 5.83. The summed E-state index contributed by atoms with van der Waals surface area (Å²) < 4.78 is 0. The fourth-order valence-corrected chi connectivity index (χ4v) is 1.64. The van der Waals surface area contributed by atoms with E-state index >= 15 is 0 Å². The molecule has 98 valence electrons. The molecule has 0 aromatic heterocycles. The highest BCUT2D eigenvalue weighted by atomic mass is 16.4. The van der Waals surface area contributed by atoms with Crippen molar-refractivity contribution in [1.29, 1.82) is 0 Å². The van der Waals surface area contributed by atoms with Gasteiger partial charge in [-0.3, -0.25) is 14.9 Å². The van der Waals surface area contributed by atoms with Crippen molar-refractivity contribution in [2.24, 2.45) is 5.73 Å². The SMILES string of the molecule is CC(N[C@@H](CCc1ccccc1)C(N)=O)C(=O)O. The molecule has 0 aliphatic heterocycles. The van der Waals surface area contributed by atoms with Crippen molar-refractivity contribution in [3.8, 4) is 0 Å². The van der Waals surface area contributed by atoms with Crippen molar-refractivity contribution in [1.82, 2.24) is 5.32 Å². The Hall–Kier alpha value is -1.88. The summed E-state index contributed by atoms with van der Waals surface area (Å²) in [7, 11) is 0. The van der Waals surface area contributed by atoms with Crippen LogP contribution in [0.5, 0.6) is 0 Å². The van der Waals surface area contributed by atoms with Crippen LogP contribution in [-0.2, 0) is 16.0 Å². The van der Waals surface area contributed by atoms with Crippen molar-refractivity contribution >= 4 is 11.9 Å². The molecule has 0 heterocycles. The Morgan fingerprint density at radius 1 is 1.33 bits per heavy atom. The van der Waals surface area contributed by atoms with Gasteiger partial charge in [0.1, 0.15) is 6.04 Å². The molecule has 18 heavy (non-hydrogen) atoms. The third-order valence-electron chi connectivity index (χ3n) is 2.73. The van der Waals surface area contributed by atoms with E-state index in [1.54, 1.807) is 0 Å². The van der Waals surface area contributed by atoms with Gasteiger partial charge in [-0.2, -0.15) is 0 Å². The van der Waals surface area contributed by atoms with Crippen LogP contribution in [0, 0.1) is 0 Å². The summed E-state index contributed by atoms with van der Waals surface area (Å²) >= 11 is 0. The number of aliphatic carboxylic acids is 1. The maximum absolute atomic E-state index is 11.2. The summed E-state index contributed by atoms with van der Waals surface area (Å²) in [5.74, 6) is -1.53. The van der Waals surface area contributed by atoms with E-state index in [9.17, 15) is 9.59 Å². The van der Waals surface area contributed by atoms with Gasteiger partial charge in [0.05, 0.1) is 6.04 Å². The van der Waals surface area contributed by atoms with E-state index in [2.05, 4.69) is 5.32 Å². The number of primary amides is 1. The van der Waals surface area contributed by atoms with Gasteiger partial charge in [0, 0.05) is 0 Å². The van der Waals surface area contributed by atoms with Crippen LogP contribution < -0.4 is 11.1 Å². The van der Waals surface area contributed by atoms with Gasteiger partial charge in [-0.05, 0) is 25.3 Å². The number of benzene rings is 1. The van der Waals surface area contributed by atoms with E-state index in [-0.39, 0.29) is 0 Å². The summed E-state index contributed by atoms with van der Waals surface area (Å²) in [5, 5.41) is 11.5. The Balaban J connectivity index is 2.53. The number of hydrogen-bond acceptors (Lipinski definition) is 3. The van der Waals surface area contributed by atoms with Gasteiger partial charge in [0.15, 0.2) is 0 Å². The van der Waals surface area contributed by atoms with Crippen LogP contribution in [0.15, 0.2) is 30.3 Å². The van der Waals surface area contributed by atoms with Crippen LogP contribution in [0.2, 0.25) is 0 Å². The molecule has 0 fully saturated rings. The number of aryl methyl sites for hydroxylation is 1. The number of carbonyl (C=O) groups is 2. The Labute approximate surface area is 106 Å². The Morgan fingerprint density at radius 2 is 1.94 bits per heavy atom. The van der Waals surface area contributed by atoms with Crippen LogP contribution in [0.3, 0.4) is 0 Å². The standard InChI is InChI=1S/C13H18N2O3/c1-9(13(17)18)15-11(12(14)16)8-7-10-5-3-2-4-6-10/h2-6,9,11,15H,7-8H2,1H3,(H2,14,16)(H,17,18)/t9?,11-/m0/s1. The molecule has 4 N–H and O–H groups in total. The molecule has 1 unspecified atom stereocenters. The van der Waals surface area contributed by atoms with E-state index in [4.69, 9.17) is 10.8 Å². The van der Waals surface area contributed by atoms with Crippen molar-refractivity contribution in [2.45, 2.75) is 31.8 Å². The summed E-state index contributed by atoms with van der Waals surface area (Å²) in [4.78, 5) is 22.0. The van der Waals surface area contributed by atoms with Crippen molar-refractivity contribution in [3.05, 3.63) is 35.9 Å². The highest BCUT2D eigenvalue weighted by Gasteiger charge is 2.20. The lowest BCUT2D eigenvalue weighted by Gasteiger charge is -2.18. The lowest BCUT2D eigenvalue weighted by atomic mass is 10.0. The molecule has 0 aliphatic rings. The molecule has 0 bridgehead atoms. The van der Waals surface area contributed by atoms with E-state index in [0.29, 0.717) is 12.8 Å². The Morgan fingerprint density at radius 3 is 2.44 bits per heavy atom. The Bertz CT molecular complexity index is 406. The van der Waals surface area contributed by atoms with Crippen LogP contribution in [0.4, 0.5) is 0 Å². The fourth-order valence-electron chi connectivity index (χ4n) is 1.64. The van der Waals surface area contributed by atoms with E-state index in [1.165, 1.54) is 6.92 Å². The topological polar surface area (TPSA) is 92.4 Å². The largest absolute Gasteiger partial charge is 0.480 e. The number of carboxylic acids is 1. The van der Waals surface area contributed by atoms with Crippen molar-refractivity contribution < 1.29 is 14.7 Å². The van der Waals surface area contributed by atoms with Crippen LogP contribution >= 0.6 is 0 Å². The van der Waals surface area contributed by atoms with Gasteiger partial charge in [-0.1, -0.05) is 30.3 Å². The van der Waals surface area contributed by atoms with Crippen LogP contribution in [-0.4, -0.2) is 29.1 Å². The molecule has 2 atom stereocenters. The lowest BCUT2D eigenvalue weighted by Crippen LogP contribution is -2.48. The monoisotopic (exact) mass is 250 g/mol. The third kappa shape index (κ3) is 4.55. The molecule has 0 radical (unpaired) electrons. The number of nitrogens with two attached hydrogens (primary N) is 1. The molecule has 1 amide bonds. The summed E-state index contributed by atoms with van der Waals surface area (Å²) in [5.41, 5.74) is 6.35. The van der Waals surface area contributed by atoms with E-state index in [0.717, 1.165) is 5.56 Å². The predicted molar refractivity (Wildman–Crippen MR) is 68.0 cm³/mol. The van der Waals surface area contributed by atoms with Gasteiger partial charge < -0.3 is 10.8 Å². The average molecular weight is 250 g/mol. The predicted octanol–water partition coefficient (Wildman–Crippen LogP) is 0.536. The maximum Gasteiger partial charge on any atom is 0.320 e. The molecule has 5 nitrogen and oxygen atoms in total. The van der Waals surface area contributed by atoms with Gasteiger partial charge in [-0.25, -0.2) is 0 Å². The van der Waals surface area contributed by atoms with Crippen molar-refractivity contribution in [2.75, 3.05) is 0 Å². The minimum absolute atomic E-state index is 0.483. The second-order valence-electron chi connectivity index (χ2n) is 4.21. The third-order valence-corrected chi connectivity index (χ3v) is 2.73. The average Bonchev–Trinajstić information content (AvgIpc) is 2.34. The molecule has 1 aromatic carbocycles. The Kier molecular flexibility index (Phi) is 5.32. The molecule has 1 aromatic rings. The lowest BCUT2D eigenvalue weighted by molar-refractivity contribution is -0.139. The zero-order valence-corrected chi connectivity index (χ0v) is 10.3. The van der Waals surface area contributed by atoms with Gasteiger partial charge >= 0.3 is 5.97 Å². The zero-order valence-electron chi connectivity index (χ0n) is 10.3. The molecule has 5 heteroatoms. The van der Waals surface area contributed by atoms with Gasteiger partial charge in [0.2, 0.25) is 5.91 Å². The number of amides is 1. The van der Waals surface area contributed by atoms with Crippen LogP contribution in [0.25, 0.3) is 0 Å². The zero-order chi connectivity index (χ0) is 13.5. The summed E-state index contributed by atoms with van der Waals surface area (Å²) in [6, 6.07) is 8.25. The second-order valence-corrected chi connectivity index (χ2v) is 4.21. The summed E-state index contributed by atoms with van der Waals surface area (Å²) in [6.45, 7) is 1.49. The number of rotatable bonds is 7. The number of hydrogen-bond donors (Lipinski definition) is 3. The first-order chi connectivity index (χ1) is 8.50. The normalized spacial score (nSPS) is 13.8. The maximum atomic E-state index is 11.2.